The number of ether oxygens (including phenoxy) is 2. The Bertz CT molecular complexity index is 1290. The summed E-state index contributed by atoms with van der Waals surface area (Å²) in [4.78, 5) is 22.4. The van der Waals surface area contributed by atoms with Crippen molar-refractivity contribution in [2.45, 2.75) is 37.8 Å². The van der Waals surface area contributed by atoms with Gasteiger partial charge in [0.25, 0.3) is 0 Å². The van der Waals surface area contributed by atoms with E-state index in [-0.39, 0.29) is 6.10 Å². The number of hydrogen-bond acceptors (Lipinski definition) is 10. The lowest BCUT2D eigenvalue weighted by molar-refractivity contribution is 0.122. The predicted molar refractivity (Wildman–Crippen MR) is 138 cm³/mol. The Hall–Kier alpha value is -3.25. The average molecular weight is 514 g/mol. The molecule has 192 valence electrons. The van der Waals surface area contributed by atoms with Gasteiger partial charge in [0.2, 0.25) is 21.9 Å². The van der Waals surface area contributed by atoms with Crippen LogP contribution in [0.2, 0.25) is 0 Å². The first-order valence-corrected chi connectivity index (χ1v) is 14.0. The molecule has 12 heteroatoms. The van der Waals surface area contributed by atoms with Gasteiger partial charge in [-0.05, 0) is 37.8 Å². The first-order chi connectivity index (χ1) is 17.4. The summed E-state index contributed by atoms with van der Waals surface area (Å²) < 4.78 is 38.0. The number of sulfonamides is 1. The van der Waals surface area contributed by atoms with E-state index in [1.54, 1.807) is 18.5 Å². The van der Waals surface area contributed by atoms with Gasteiger partial charge in [-0.25, -0.2) is 18.4 Å². The van der Waals surface area contributed by atoms with Crippen molar-refractivity contribution in [3.8, 4) is 5.88 Å². The van der Waals surface area contributed by atoms with Crippen LogP contribution in [-0.4, -0.2) is 80.1 Å². The van der Waals surface area contributed by atoms with Crippen molar-refractivity contribution in [2.75, 3.05) is 54.1 Å². The van der Waals surface area contributed by atoms with Gasteiger partial charge in [0.1, 0.15) is 11.9 Å². The standard InChI is InChI=1S/C24H31N7O4S/c1-30(24-25-8-3-9-26-24)18-4-6-19(7-5-18)35-23-20-14-17(29-36(2,32)33)16-27-21(20)15-22(28-23)31-10-12-34-13-11-31/h3,8-9,14-16,18-19,29H,4-7,10-13H2,1-2H3. The van der Waals surface area contributed by atoms with E-state index in [9.17, 15) is 8.42 Å². The highest BCUT2D eigenvalue weighted by molar-refractivity contribution is 7.92. The molecule has 1 saturated heterocycles. The summed E-state index contributed by atoms with van der Waals surface area (Å²) in [5.74, 6) is 1.98. The normalized spacial score (nSPS) is 20.8. The fraction of sp³-hybridized carbons (Fsp3) is 0.500. The maximum absolute atomic E-state index is 11.8. The monoisotopic (exact) mass is 513 g/mol. The molecule has 1 saturated carbocycles. The Labute approximate surface area is 210 Å². The second-order valence-corrected chi connectivity index (χ2v) is 11.0. The summed E-state index contributed by atoms with van der Waals surface area (Å²) in [5.41, 5.74) is 1.08. The van der Waals surface area contributed by atoms with Crippen LogP contribution in [0.25, 0.3) is 10.9 Å². The summed E-state index contributed by atoms with van der Waals surface area (Å²) in [6.07, 6.45) is 9.75. The molecule has 5 rings (SSSR count). The number of nitrogens with one attached hydrogen (secondary N) is 1. The number of rotatable bonds is 7. The smallest absolute Gasteiger partial charge is 0.229 e. The number of pyridine rings is 2. The fourth-order valence-electron chi connectivity index (χ4n) is 4.74. The highest BCUT2D eigenvalue weighted by Crippen LogP contribution is 2.33. The van der Waals surface area contributed by atoms with Crippen molar-refractivity contribution in [1.82, 2.24) is 19.9 Å². The molecule has 0 unspecified atom stereocenters. The van der Waals surface area contributed by atoms with Crippen LogP contribution in [0.5, 0.6) is 5.88 Å². The third-order valence-corrected chi connectivity index (χ3v) is 7.21. The van der Waals surface area contributed by atoms with Gasteiger partial charge in [0.05, 0.1) is 42.3 Å². The van der Waals surface area contributed by atoms with Crippen LogP contribution in [0.1, 0.15) is 25.7 Å². The zero-order chi connectivity index (χ0) is 25.1. The molecule has 0 amide bonds. The van der Waals surface area contributed by atoms with Gasteiger partial charge >= 0.3 is 0 Å². The molecule has 1 aliphatic heterocycles. The molecule has 0 aromatic carbocycles. The van der Waals surface area contributed by atoms with Gasteiger partial charge in [-0.1, -0.05) is 0 Å². The maximum atomic E-state index is 11.8. The van der Waals surface area contributed by atoms with E-state index in [0.717, 1.165) is 56.8 Å². The molecule has 0 bridgehead atoms. The first kappa shape index (κ1) is 24.4. The van der Waals surface area contributed by atoms with Crippen LogP contribution in [0.3, 0.4) is 0 Å². The summed E-state index contributed by atoms with van der Waals surface area (Å²) in [7, 11) is -1.40. The lowest BCUT2D eigenvalue weighted by Gasteiger charge is -2.34. The van der Waals surface area contributed by atoms with Crippen LogP contribution >= 0.6 is 0 Å². The molecular formula is C24H31N7O4S. The van der Waals surface area contributed by atoms with E-state index in [1.165, 1.54) is 6.20 Å². The molecule has 3 aromatic heterocycles. The quantitative estimate of drug-likeness (QED) is 0.504. The Morgan fingerprint density at radius 2 is 1.81 bits per heavy atom. The van der Waals surface area contributed by atoms with Crippen molar-refractivity contribution >= 4 is 38.4 Å². The molecule has 4 heterocycles. The number of aromatic nitrogens is 4. The highest BCUT2D eigenvalue weighted by atomic mass is 32.2. The number of hydrogen-bond donors (Lipinski definition) is 1. The summed E-state index contributed by atoms with van der Waals surface area (Å²) in [6.45, 7) is 2.77. The van der Waals surface area contributed by atoms with Gasteiger partial charge in [0.15, 0.2) is 0 Å². The van der Waals surface area contributed by atoms with E-state index in [1.807, 2.05) is 19.2 Å². The van der Waals surface area contributed by atoms with Gasteiger partial charge < -0.3 is 19.3 Å². The zero-order valence-corrected chi connectivity index (χ0v) is 21.3. The van der Waals surface area contributed by atoms with Crippen LogP contribution < -0.4 is 19.3 Å². The molecule has 1 aliphatic carbocycles. The van der Waals surface area contributed by atoms with Crippen molar-refractivity contribution in [3.05, 3.63) is 36.8 Å². The van der Waals surface area contributed by atoms with Crippen LogP contribution in [0.15, 0.2) is 36.8 Å². The van der Waals surface area contributed by atoms with Gasteiger partial charge in [-0.15, -0.1) is 0 Å². The molecule has 1 N–H and O–H groups in total. The molecule has 11 nitrogen and oxygen atoms in total. The number of nitrogens with zero attached hydrogens (tertiary/aromatic N) is 6. The SMILES string of the molecule is CN(c1ncccn1)C1CCC(Oc2nc(N3CCOCC3)cc3ncc(NS(C)(=O)=O)cc23)CC1. The summed E-state index contributed by atoms with van der Waals surface area (Å²) in [5, 5.41) is 0.678. The van der Waals surface area contributed by atoms with Crippen molar-refractivity contribution in [2.24, 2.45) is 0 Å². The van der Waals surface area contributed by atoms with E-state index >= 15 is 0 Å². The molecule has 2 fully saturated rings. The van der Waals surface area contributed by atoms with Crippen LogP contribution in [-0.2, 0) is 14.8 Å². The van der Waals surface area contributed by atoms with Gasteiger partial charge in [-0.2, -0.15) is 4.98 Å². The molecule has 36 heavy (non-hydrogen) atoms. The topological polar surface area (TPSA) is 123 Å². The number of fused-ring (bicyclic) bond motifs is 1. The highest BCUT2D eigenvalue weighted by Gasteiger charge is 2.27. The molecule has 0 spiro atoms. The number of anilines is 3. The molecule has 0 atom stereocenters. The van der Waals surface area contributed by atoms with E-state index in [4.69, 9.17) is 14.5 Å². The Morgan fingerprint density at radius 3 is 2.50 bits per heavy atom. The van der Waals surface area contributed by atoms with Crippen LogP contribution in [0, 0.1) is 0 Å². The minimum atomic E-state index is -3.44. The molecule has 2 aliphatic rings. The Kier molecular flexibility index (Phi) is 7.06. The van der Waals surface area contributed by atoms with Gasteiger partial charge in [0, 0.05) is 44.6 Å². The van der Waals surface area contributed by atoms with Crippen molar-refractivity contribution in [1.29, 1.82) is 0 Å². The second-order valence-electron chi connectivity index (χ2n) is 9.26. The lowest BCUT2D eigenvalue weighted by atomic mass is 9.92. The van der Waals surface area contributed by atoms with Crippen LogP contribution in [0.4, 0.5) is 17.5 Å². The molecular weight excluding hydrogens is 482 g/mol. The second kappa shape index (κ2) is 10.4. The molecule has 3 aromatic rings. The van der Waals surface area contributed by atoms with E-state index < -0.39 is 10.0 Å². The van der Waals surface area contributed by atoms with E-state index in [2.05, 4.69) is 29.5 Å². The van der Waals surface area contributed by atoms with Gasteiger partial charge in [-0.3, -0.25) is 9.71 Å². The Morgan fingerprint density at radius 1 is 1.08 bits per heavy atom. The molecule has 0 radical (unpaired) electrons. The fourth-order valence-corrected chi connectivity index (χ4v) is 5.28. The number of morpholine rings is 1. The maximum Gasteiger partial charge on any atom is 0.229 e. The van der Waals surface area contributed by atoms with Crippen molar-refractivity contribution < 1.29 is 17.9 Å². The summed E-state index contributed by atoms with van der Waals surface area (Å²) in [6, 6.07) is 5.81. The average Bonchev–Trinajstić information content (AvgIpc) is 2.89. The third kappa shape index (κ3) is 5.76. The largest absolute Gasteiger partial charge is 0.474 e. The predicted octanol–water partition coefficient (Wildman–Crippen LogP) is 2.45. The summed E-state index contributed by atoms with van der Waals surface area (Å²) >= 11 is 0. The lowest BCUT2D eigenvalue weighted by Crippen LogP contribution is -2.39. The minimum Gasteiger partial charge on any atom is -0.474 e. The Balaban J connectivity index is 1.38. The third-order valence-electron chi connectivity index (χ3n) is 6.61. The van der Waals surface area contributed by atoms with E-state index in [0.29, 0.717) is 41.7 Å². The van der Waals surface area contributed by atoms with Crippen molar-refractivity contribution in [3.63, 3.8) is 0 Å². The zero-order valence-electron chi connectivity index (χ0n) is 20.5. The minimum absolute atomic E-state index is 0.00601. The first-order valence-electron chi connectivity index (χ1n) is 12.1.